The molecule has 0 saturated carbocycles. The van der Waals surface area contributed by atoms with Gasteiger partial charge in [0.1, 0.15) is 5.65 Å². The van der Waals surface area contributed by atoms with Crippen LogP contribution in [0.25, 0.3) is 188 Å². The Morgan fingerprint density at radius 2 is 0.608 bits per heavy atom. The Morgan fingerprint density at radius 3 is 1.09 bits per heavy atom. The van der Waals surface area contributed by atoms with E-state index in [1.165, 1.54) is 98.5 Å². The summed E-state index contributed by atoms with van der Waals surface area (Å²) in [5.41, 5.74) is 26.6. The molecule has 0 bridgehead atoms. The van der Waals surface area contributed by atoms with Gasteiger partial charge in [-0.3, -0.25) is 4.57 Å². The first-order valence-electron chi connectivity index (χ1n) is 35.3. The average Bonchev–Trinajstić information content (AvgIpc) is 1.61. The van der Waals surface area contributed by atoms with Gasteiger partial charge in [0.05, 0.1) is 60.7 Å². The Kier molecular flexibility index (Phi) is 12.9. The Labute approximate surface area is 587 Å². The standard InChI is InChI=1S/C95H63N7/c1-60-20-19-21-63(54-60)66-44-53-89-82(57-66)92-93(61-36-45-72(46-37-61)98-85-34-17-13-30-76(85)80-55-64(42-51-87(80)98)67-40-49-78-74-28-11-15-32-83(74)100(90(78)58-67)69-22-5-2-6-23-69)96-94(97-95(92)102(89)71-26-9-4-10-27-71)62-38-47-73(48-39-62)99-86-35-18-14-31-77(86)81-56-65(43-52-88(81)99)68-41-50-79-75-29-12-16-33-84(75)101(91(79)59-68)70-24-7-3-8-25-70/h2-19,21-60H,20H2,1H3. The molecule has 7 nitrogen and oxygen atoms in total. The number of aromatic nitrogens is 7. The Morgan fingerprint density at radius 1 is 0.265 bits per heavy atom. The molecule has 1 unspecified atom stereocenters. The molecule has 478 valence electrons. The summed E-state index contributed by atoms with van der Waals surface area (Å²) in [4.78, 5) is 11.4. The minimum atomic E-state index is 0.445. The maximum absolute atomic E-state index is 5.75. The topological polar surface area (TPSA) is 50.4 Å². The van der Waals surface area contributed by atoms with Crippen LogP contribution in [0.1, 0.15) is 18.9 Å². The van der Waals surface area contributed by atoms with Gasteiger partial charge in [-0.1, -0.05) is 207 Å². The lowest BCUT2D eigenvalue weighted by Crippen LogP contribution is -2.00. The molecule has 102 heavy (non-hydrogen) atoms. The van der Waals surface area contributed by atoms with E-state index in [1.54, 1.807) is 0 Å². The summed E-state index contributed by atoms with van der Waals surface area (Å²) in [5, 5.41) is 11.9. The van der Waals surface area contributed by atoms with Crippen molar-refractivity contribution < 1.29 is 0 Å². The second kappa shape index (κ2) is 22.9. The minimum Gasteiger partial charge on any atom is -0.309 e. The smallest absolute Gasteiger partial charge is 0.162 e. The molecule has 0 saturated heterocycles. The van der Waals surface area contributed by atoms with Crippen molar-refractivity contribution in [2.75, 3.05) is 0 Å². The zero-order valence-corrected chi connectivity index (χ0v) is 55.8. The molecule has 0 fully saturated rings. The summed E-state index contributed by atoms with van der Waals surface area (Å²) in [5.74, 6) is 1.09. The van der Waals surface area contributed by atoms with Crippen LogP contribution in [0.15, 0.2) is 346 Å². The molecule has 0 N–H and O–H groups in total. The van der Waals surface area contributed by atoms with Gasteiger partial charge >= 0.3 is 0 Å². The number of rotatable bonds is 10. The molecule has 0 aliphatic heterocycles. The molecule has 1 aliphatic rings. The molecule has 1 atom stereocenters. The summed E-state index contributed by atoms with van der Waals surface area (Å²) in [6.07, 6.45) is 8.02. The van der Waals surface area contributed by atoms with E-state index in [9.17, 15) is 0 Å². The number of fused-ring (bicyclic) bond motifs is 15. The highest BCUT2D eigenvalue weighted by Crippen LogP contribution is 2.45. The van der Waals surface area contributed by atoms with Gasteiger partial charge in [0.25, 0.3) is 0 Å². The van der Waals surface area contributed by atoms with Crippen molar-refractivity contribution in [3.05, 3.63) is 351 Å². The van der Waals surface area contributed by atoms with Crippen LogP contribution < -0.4 is 0 Å². The molecule has 21 rings (SSSR count). The van der Waals surface area contributed by atoms with E-state index in [2.05, 4.69) is 376 Å². The second-order valence-corrected chi connectivity index (χ2v) is 27.3. The van der Waals surface area contributed by atoms with Crippen molar-refractivity contribution in [3.63, 3.8) is 0 Å². The van der Waals surface area contributed by atoms with Crippen molar-refractivity contribution in [3.8, 4) is 73.3 Å². The van der Waals surface area contributed by atoms with Crippen LogP contribution in [0.4, 0.5) is 0 Å². The minimum absolute atomic E-state index is 0.445. The van der Waals surface area contributed by atoms with Gasteiger partial charge < -0.3 is 18.3 Å². The third-order valence-electron chi connectivity index (χ3n) is 21.4. The molecular formula is C95H63N7. The van der Waals surface area contributed by atoms with Crippen molar-refractivity contribution in [1.82, 2.24) is 32.8 Å². The van der Waals surface area contributed by atoms with Crippen LogP contribution >= 0.6 is 0 Å². The number of para-hydroxylation sites is 7. The summed E-state index contributed by atoms with van der Waals surface area (Å²) in [6.45, 7) is 2.30. The van der Waals surface area contributed by atoms with E-state index < -0.39 is 0 Å². The van der Waals surface area contributed by atoms with Crippen LogP contribution in [0, 0.1) is 5.92 Å². The Balaban J connectivity index is 0.695. The number of hydrogen-bond donors (Lipinski definition) is 0. The van der Waals surface area contributed by atoms with Crippen LogP contribution in [-0.4, -0.2) is 32.8 Å². The van der Waals surface area contributed by atoms with E-state index in [1.807, 2.05) is 0 Å². The third kappa shape index (κ3) is 9.01. The Bertz CT molecular complexity index is 6880. The first-order chi connectivity index (χ1) is 50.5. The van der Waals surface area contributed by atoms with Gasteiger partial charge in [-0.2, -0.15) is 0 Å². The monoisotopic (exact) mass is 1300 g/mol. The summed E-state index contributed by atoms with van der Waals surface area (Å²) in [6, 6.07) is 120. The predicted molar refractivity (Wildman–Crippen MR) is 426 cm³/mol. The molecule has 20 aromatic rings. The third-order valence-corrected chi connectivity index (χ3v) is 21.4. The van der Waals surface area contributed by atoms with E-state index in [0.29, 0.717) is 11.7 Å². The summed E-state index contributed by atoms with van der Waals surface area (Å²) >= 11 is 0. The maximum atomic E-state index is 5.75. The Hall–Kier alpha value is -13.4. The summed E-state index contributed by atoms with van der Waals surface area (Å²) < 4.78 is 11.9. The second-order valence-electron chi connectivity index (χ2n) is 27.3. The first kappa shape index (κ1) is 57.7. The van der Waals surface area contributed by atoms with Crippen LogP contribution in [0.2, 0.25) is 0 Å². The fourth-order valence-electron chi connectivity index (χ4n) is 16.7. The number of hydrogen-bond acceptors (Lipinski definition) is 2. The molecule has 6 heterocycles. The van der Waals surface area contributed by atoms with Crippen molar-refractivity contribution in [2.45, 2.75) is 13.3 Å². The number of allylic oxidation sites excluding steroid dienone is 4. The van der Waals surface area contributed by atoms with E-state index in [0.717, 1.165) is 95.7 Å². The lowest BCUT2D eigenvalue weighted by atomic mass is 9.93. The highest BCUT2D eigenvalue weighted by atomic mass is 15.1. The van der Waals surface area contributed by atoms with Gasteiger partial charge in [0.15, 0.2) is 5.82 Å². The lowest BCUT2D eigenvalue weighted by Gasteiger charge is -2.13. The van der Waals surface area contributed by atoms with E-state index in [4.69, 9.17) is 9.97 Å². The molecule has 0 spiro atoms. The van der Waals surface area contributed by atoms with Crippen LogP contribution in [0.3, 0.4) is 0 Å². The molecule has 7 heteroatoms. The largest absolute Gasteiger partial charge is 0.309 e. The average molecular weight is 1300 g/mol. The van der Waals surface area contributed by atoms with Gasteiger partial charge in [-0.05, 0) is 191 Å². The fourth-order valence-corrected chi connectivity index (χ4v) is 16.7. The molecule has 6 aromatic heterocycles. The van der Waals surface area contributed by atoms with Gasteiger partial charge in [-0.25, -0.2) is 9.97 Å². The summed E-state index contributed by atoms with van der Waals surface area (Å²) in [7, 11) is 0. The van der Waals surface area contributed by atoms with Crippen LogP contribution in [-0.2, 0) is 0 Å². The number of benzene rings is 14. The highest BCUT2D eigenvalue weighted by molar-refractivity contribution is 6.17. The fraction of sp³-hybridized carbons (Fsp3) is 0.0316. The van der Waals surface area contributed by atoms with Gasteiger partial charge in [0, 0.05) is 88.0 Å². The highest BCUT2D eigenvalue weighted by Gasteiger charge is 2.25. The molecule has 14 aromatic carbocycles. The normalized spacial score (nSPS) is 13.4. The predicted octanol–water partition coefficient (Wildman–Crippen LogP) is 24.6. The van der Waals surface area contributed by atoms with Crippen molar-refractivity contribution >= 4 is 115 Å². The lowest BCUT2D eigenvalue weighted by molar-refractivity contribution is 0.740. The zero-order chi connectivity index (χ0) is 67.1. The zero-order valence-electron chi connectivity index (χ0n) is 55.8. The maximum Gasteiger partial charge on any atom is 0.162 e. The van der Waals surface area contributed by atoms with Crippen LogP contribution in [0.5, 0.6) is 0 Å². The molecule has 1 aliphatic carbocycles. The van der Waals surface area contributed by atoms with Gasteiger partial charge in [0.2, 0.25) is 0 Å². The van der Waals surface area contributed by atoms with Crippen molar-refractivity contribution in [1.29, 1.82) is 0 Å². The first-order valence-corrected chi connectivity index (χ1v) is 35.3. The quantitative estimate of drug-likeness (QED) is 0.137. The van der Waals surface area contributed by atoms with E-state index >= 15 is 0 Å². The van der Waals surface area contributed by atoms with Crippen molar-refractivity contribution in [2.24, 2.45) is 5.92 Å². The molecule has 0 radical (unpaired) electrons. The van der Waals surface area contributed by atoms with E-state index in [-0.39, 0.29) is 0 Å². The number of nitrogens with zero attached hydrogens (tertiary/aromatic N) is 7. The van der Waals surface area contributed by atoms with Gasteiger partial charge in [-0.15, -0.1) is 0 Å². The molecule has 0 amide bonds. The SMILES string of the molecule is CC1C=C(c2ccc3c(c2)c2c(-c4ccc(-n5c6ccccc6c6cc(-c7ccc8c9ccccc9n(-c9ccccc9)c8c7)ccc65)cc4)nc(-c4ccc(-n5c6ccccc6c6cc(-c7ccc8c9ccccc9n(-c9ccccc9)c8c7)ccc65)cc4)nc2n3-c2ccccc2)C=CC1. The molecular weight excluding hydrogens is 1240 g/mol.